The molecule has 128 valence electrons. The lowest BCUT2D eigenvalue weighted by Gasteiger charge is -2.23. The van der Waals surface area contributed by atoms with Crippen LogP contribution in [0.5, 0.6) is 5.75 Å². The summed E-state index contributed by atoms with van der Waals surface area (Å²) in [7, 11) is 2.97. The third-order valence-electron chi connectivity index (χ3n) is 2.91. The van der Waals surface area contributed by atoms with Gasteiger partial charge in [-0.1, -0.05) is 0 Å². The van der Waals surface area contributed by atoms with Crippen LogP contribution in [0.25, 0.3) is 0 Å². The molecule has 0 atom stereocenters. The number of amides is 2. The molecule has 0 fully saturated rings. The molecule has 0 saturated heterocycles. The zero-order valence-corrected chi connectivity index (χ0v) is 14.2. The number of hydrogen-bond donors (Lipinski definition) is 2. The summed E-state index contributed by atoms with van der Waals surface area (Å²) in [4.78, 5) is 25.2. The van der Waals surface area contributed by atoms with Gasteiger partial charge in [-0.05, 0) is 32.9 Å². The molecule has 0 heterocycles. The quantitative estimate of drug-likeness (QED) is 0.834. The van der Waals surface area contributed by atoms with Crippen molar-refractivity contribution in [1.29, 1.82) is 0 Å². The maximum Gasteiger partial charge on any atom is 0.242 e. The van der Waals surface area contributed by atoms with Gasteiger partial charge in [0.15, 0.2) is 0 Å². The van der Waals surface area contributed by atoms with E-state index in [0.717, 1.165) is 0 Å². The number of halogens is 1. The monoisotopic (exact) mass is 325 g/mol. The van der Waals surface area contributed by atoms with Crippen molar-refractivity contribution < 1.29 is 18.7 Å². The van der Waals surface area contributed by atoms with Gasteiger partial charge < -0.3 is 20.3 Å². The second kappa shape index (κ2) is 7.80. The van der Waals surface area contributed by atoms with Crippen molar-refractivity contribution in [3.05, 3.63) is 24.0 Å². The number of hydrogen-bond acceptors (Lipinski definition) is 4. The second-order valence-electron chi connectivity index (χ2n) is 6.25. The van der Waals surface area contributed by atoms with E-state index in [9.17, 15) is 14.0 Å². The highest BCUT2D eigenvalue weighted by atomic mass is 19.1. The van der Waals surface area contributed by atoms with Crippen LogP contribution in [-0.4, -0.2) is 49.5 Å². The lowest BCUT2D eigenvalue weighted by Crippen LogP contribution is -2.47. The van der Waals surface area contributed by atoms with E-state index < -0.39 is 5.82 Å². The highest BCUT2D eigenvalue weighted by molar-refractivity contribution is 5.87. The Balaban J connectivity index is 2.55. The second-order valence-corrected chi connectivity index (χ2v) is 6.25. The van der Waals surface area contributed by atoms with Crippen molar-refractivity contribution in [2.24, 2.45) is 0 Å². The summed E-state index contributed by atoms with van der Waals surface area (Å²) in [6.45, 7) is 5.55. The molecule has 0 radical (unpaired) electrons. The van der Waals surface area contributed by atoms with Crippen LogP contribution < -0.4 is 15.4 Å². The summed E-state index contributed by atoms with van der Waals surface area (Å²) < 4.78 is 18.2. The SMILES string of the molecule is COc1cc(F)ccc1NCC(=O)N(C)CC(=O)NC(C)(C)C. The van der Waals surface area contributed by atoms with Crippen molar-refractivity contribution in [3.8, 4) is 5.75 Å². The van der Waals surface area contributed by atoms with Gasteiger partial charge in [-0.15, -0.1) is 0 Å². The standard InChI is InChI=1S/C16H24FN3O3/c1-16(2,3)19-14(21)10-20(4)15(22)9-18-12-7-6-11(17)8-13(12)23-5/h6-8,18H,9-10H2,1-5H3,(H,19,21). The molecule has 6 nitrogen and oxygen atoms in total. The molecule has 0 aliphatic heterocycles. The molecule has 23 heavy (non-hydrogen) atoms. The summed E-state index contributed by atoms with van der Waals surface area (Å²) in [5.74, 6) is -0.603. The first-order valence-corrected chi connectivity index (χ1v) is 7.25. The van der Waals surface area contributed by atoms with Crippen molar-refractivity contribution in [2.45, 2.75) is 26.3 Å². The number of likely N-dealkylation sites (N-methyl/N-ethyl adjacent to an activating group) is 1. The van der Waals surface area contributed by atoms with E-state index in [1.54, 1.807) is 7.05 Å². The van der Waals surface area contributed by atoms with Crippen LogP contribution >= 0.6 is 0 Å². The molecule has 0 spiro atoms. The molecule has 0 aromatic heterocycles. The third kappa shape index (κ3) is 6.54. The van der Waals surface area contributed by atoms with Crippen molar-refractivity contribution >= 4 is 17.5 Å². The highest BCUT2D eigenvalue weighted by Crippen LogP contribution is 2.24. The molecular weight excluding hydrogens is 301 g/mol. The molecule has 2 amide bonds. The van der Waals surface area contributed by atoms with Gasteiger partial charge in [-0.25, -0.2) is 4.39 Å². The topological polar surface area (TPSA) is 70.7 Å². The third-order valence-corrected chi connectivity index (χ3v) is 2.91. The van der Waals surface area contributed by atoms with E-state index in [1.165, 1.54) is 30.2 Å². The number of ether oxygens (including phenoxy) is 1. The van der Waals surface area contributed by atoms with Gasteiger partial charge in [0.1, 0.15) is 11.6 Å². The summed E-state index contributed by atoms with van der Waals surface area (Å²) >= 11 is 0. The molecule has 0 unspecified atom stereocenters. The van der Waals surface area contributed by atoms with Crippen LogP contribution in [0.4, 0.5) is 10.1 Å². The van der Waals surface area contributed by atoms with E-state index in [2.05, 4.69) is 10.6 Å². The van der Waals surface area contributed by atoms with Crippen molar-refractivity contribution in [3.63, 3.8) is 0 Å². The normalized spacial score (nSPS) is 10.9. The van der Waals surface area contributed by atoms with E-state index in [4.69, 9.17) is 4.74 Å². The molecule has 1 aromatic carbocycles. The minimum atomic E-state index is -0.422. The van der Waals surface area contributed by atoms with Gasteiger partial charge in [0, 0.05) is 18.7 Å². The first kappa shape index (κ1) is 18.7. The Labute approximate surface area is 136 Å². The lowest BCUT2D eigenvalue weighted by molar-refractivity contribution is -0.133. The van der Waals surface area contributed by atoms with Gasteiger partial charge >= 0.3 is 0 Å². The first-order chi connectivity index (χ1) is 10.6. The van der Waals surface area contributed by atoms with Crippen LogP contribution in [0.15, 0.2) is 18.2 Å². The maximum atomic E-state index is 13.1. The number of nitrogens with one attached hydrogen (secondary N) is 2. The molecule has 0 aliphatic carbocycles. The van der Waals surface area contributed by atoms with Gasteiger partial charge in [0.05, 0.1) is 25.9 Å². The van der Waals surface area contributed by atoms with Crippen LogP contribution in [0.1, 0.15) is 20.8 Å². The van der Waals surface area contributed by atoms with E-state index in [1.807, 2.05) is 20.8 Å². The molecule has 7 heteroatoms. The molecule has 1 aromatic rings. The minimum absolute atomic E-state index is 0.0265. The smallest absolute Gasteiger partial charge is 0.242 e. The molecular formula is C16H24FN3O3. The lowest BCUT2D eigenvalue weighted by atomic mass is 10.1. The largest absolute Gasteiger partial charge is 0.494 e. The average Bonchev–Trinajstić information content (AvgIpc) is 2.43. The Morgan fingerprint density at radius 2 is 1.96 bits per heavy atom. The molecule has 0 saturated carbocycles. The van der Waals surface area contributed by atoms with Crippen molar-refractivity contribution in [2.75, 3.05) is 32.6 Å². The number of rotatable bonds is 6. The van der Waals surface area contributed by atoms with Gasteiger partial charge in [0.25, 0.3) is 0 Å². The van der Waals surface area contributed by atoms with Gasteiger partial charge in [-0.2, -0.15) is 0 Å². The number of benzene rings is 1. The predicted molar refractivity (Wildman–Crippen MR) is 87.0 cm³/mol. The Bertz CT molecular complexity index is 570. The van der Waals surface area contributed by atoms with Crippen molar-refractivity contribution in [1.82, 2.24) is 10.2 Å². The molecule has 0 aliphatic rings. The summed E-state index contributed by atoms with van der Waals surface area (Å²) in [6, 6.07) is 4.00. The van der Waals surface area contributed by atoms with Crippen LogP contribution in [0.2, 0.25) is 0 Å². The molecule has 0 bridgehead atoms. The van der Waals surface area contributed by atoms with E-state index in [-0.39, 0.29) is 30.4 Å². The Morgan fingerprint density at radius 1 is 1.30 bits per heavy atom. The molecule has 2 N–H and O–H groups in total. The van der Waals surface area contributed by atoms with Gasteiger partial charge in [-0.3, -0.25) is 9.59 Å². The Hall–Kier alpha value is -2.31. The van der Waals surface area contributed by atoms with Crippen LogP contribution in [0.3, 0.4) is 0 Å². The fraction of sp³-hybridized carbons (Fsp3) is 0.500. The summed E-state index contributed by atoms with van der Waals surface area (Å²) in [6.07, 6.45) is 0. The maximum absolute atomic E-state index is 13.1. The number of carbonyl (C=O) groups excluding carboxylic acids is 2. The van der Waals surface area contributed by atoms with Crippen LogP contribution in [-0.2, 0) is 9.59 Å². The first-order valence-electron chi connectivity index (χ1n) is 7.25. The zero-order chi connectivity index (χ0) is 17.6. The highest BCUT2D eigenvalue weighted by Gasteiger charge is 2.18. The number of anilines is 1. The van der Waals surface area contributed by atoms with E-state index >= 15 is 0 Å². The number of nitrogens with zero attached hydrogens (tertiary/aromatic N) is 1. The average molecular weight is 325 g/mol. The zero-order valence-electron chi connectivity index (χ0n) is 14.2. The van der Waals surface area contributed by atoms with Gasteiger partial charge in [0.2, 0.25) is 11.8 Å². The number of carbonyl (C=O) groups is 2. The predicted octanol–water partition coefficient (Wildman–Crippen LogP) is 1.62. The fourth-order valence-electron chi connectivity index (χ4n) is 1.88. The Kier molecular flexibility index (Phi) is 6.36. The van der Waals surface area contributed by atoms with Crippen LogP contribution in [0, 0.1) is 5.82 Å². The summed E-state index contributed by atoms with van der Waals surface area (Å²) in [5.41, 5.74) is 0.163. The minimum Gasteiger partial charge on any atom is -0.494 e. The summed E-state index contributed by atoms with van der Waals surface area (Å²) in [5, 5.41) is 5.67. The number of methoxy groups -OCH3 is 1. The molecule has 1 rings (SSSR count). The van der Waals surface area contributed by atoms with E-state index in [0.29, 0.717) is 11.4 Å². The Morgan fingerprint density at radius 3 is 2.52 bits per heavy atom. The fourth-order valence-corrected chi connectivity index (χ4v) is 1.88.